The van der Waals surface area contributed by atoms with Gasteiger partial charge in [0, 0.05) is 25.4 Å². The molecule has 3 nitrogen and oxygen atoms in total. The number of aliphatic hydroxyl groups is 1. The maximum absolute atomic E-state index is 11.3. The van der Waals surface area contributed by atoms with Crippen molar-refractivity contribution in [3.05, 3.63) is 0 Å². The van der Waals surface area contributed by atoms with E-state index in [1.807, 2.05) is 0 Å². The summed E-state index contributed by atoms with van der Waals surface area (Å²) in [6.07, 6.45) is 4.68. The molecule has 0 bridgehead atoms. The zero-order valence-corrected chi connectivity index (χ0v) is 9.04. The van der Waals surface area contributed by atoms with Gasteiger partial charge < -0.3 is 5.11 Å². The summed E-state index contributed by atoms with van der Waals surface area (Å²) in [4.78, 5) is 13.6. The van der Waals surface area contributed by atoms with Crippen LogP contribution in [0.15, 0.2) is 0 Å². The van der Waals surface area contributed by atoms with Gasteiger partial charge in [-0.3, -0.25) is 9.69 Å². The molecule has 0 heterocycles. The molecule has 1 N–H and O–H groups in total. The lowest BCUT2D eigenvalue weighted by atomic mass is 9.93. The van der Waals surface area contributed by atoms with Crippen molar-refractivity contribution in [3.63, 3.8) is 0 Å². The van der Waals surface area contributed by atoms with Crippen LogP contribution < -0.4 is 0 Å². The molecule has 1 saturated carbocycles. The van der Waals surface area contributed by atoms with Crippen molar-refractivity contribution in [1.82, 2.24) is 4.90 Å². The Morgan fingerprint density at radius 3 is 2.86 bits per heavy atom. The first-order valence-corrected chi connectivity index (χ1v) is 5.64. The monoisotopic (exact) mass is 199 g/mol. The van der Waals surface area contributed by atoms with Crippen molar-refractivity contribution < 1.29 is 9.90 Å². The van der Waals surface area contributed by atoms with E-state index in [0.717, 1.165) is 32.2 Å². The van der Waals surface area contributed by atoms with E-state index in [4.69, 9.17) is 5.11 Å². The van der Waals surface area contributed by atoms with E-state index in [0.29, 0.717) is 24.8 Å². The van der Waals surface area contributed by atoms with Crippen LogP contribution >= 0.6 is 0 Å². The molecule has 0 aromatic rings. The number of rotatable bonds is 5. The maximum Gasteiger partial charge on any atom is 0.134 e. The van der Waals surface area contributed by atoms with Gasteiger partial charge in [-0.1, -0.05) is 6.92 Å². The lowest BCUT2D eigenvalue weighted by Crippen LogP contribution is -2.41. The molecule has 1 aliphatic rings. The van der Waals surface area contributed by atoms with Gasteiger partial charge in [-0.25, -0.2) is 0 Å². The van der Waals surface area contributed by atoms with Crippen LogP contribution in [0, 0.1) is 0 Å². The smallest absolute Gasteiger partial charge is 0.134 e. The van der Waals surface area contributed by atoms with E-state index in [2.05, 4.69) is 11.8 Å². The molecule has 14 heavy (non-hydrogen) atoms. The number of aliphatic hydroxyl groups excluding tert-OH is 1. The first-order valence-electron chi connectivity index (χ1n) is 5.64. The molecular formula is C11H21NO2. The molecule has 1 atom stereocenters. The summed E-state index contributed by atoms with van der Waals surface area (Å²) in [5, 5.41) is 8.93. The fourth-order valence-corrected chi connectivity index (χ4v) is 2.21. The van der Waals surface area contributed by atoms with Crippen molar-refractivity contribution in [2.45, 2.75) is 45.1 Å². The first-order chi connectivity index (χ1) is 6.77. The molecule has 0 aromatic heterocycles. The van der Waals surface area contributed by atoms with Gasteiger partial charge in [0.1, 0.15) is 5.78 Å². The van der Waals surface area contributed by atoms with Gasteiger partial charge in [-0.05, 0) is 25.8 Å². The summed E-state index contributed by atoms with van der Waals surface area (Å²) in [5.41, 5.74) is 0. The topological polar surface area (TPSA) is 40.5 Å². The number of carbonyl (C=O) groups excluding carboxylic acids is 1. The third-order valence-electron chi connectivity index (χ3n) is 2.87. The molecule has 0 saturated heterocycles. The minimum atomic E-state index is 0.199. The Kier molecular flexibility index (Phi) is 5.12. The van der Waals surface area contributed by atoms with E-state index in [1.165, 1.54) is 0 Å². The van der Waals surface area contributed by atoms with E-state index in [1.54, 1.807) is 0 Å². The molecule has 0 aliphatic heterocycles. The highest BCUT2D eigenvalue weighted by molar-refractivity contribution is 5.79. The Morgan fingerprint density at radius 1 is 1.50 bits per heavy atom. The molecule has 0 aromatic carbocycles. The average Bonchev–Trinajstić information content (AvgIpc) is 2.17. The molecule has 1 fully saturated rings. The summed E-state index contributed by atoms with van der Waals surface area (Å²) in [6.45, 7) is 4.05. The molecule has 82 valence electrons. The van der Waals surface area contributed by atoms with Crippen LogP contribution in [0.25, 0.3) is 0 Å². The number of carbonyl (C=O) groups is 1. The van der Waals surface area contributed by atoms with Crippen LogP contribution in [0.3, 0.4) is 0 Å². The second-order valence-electron chi connectivity index (χ2n) is 4.05. The Hall–Kier alpha value is -0.410. The van der Waals surface area contributed by atoms with E-state index < -0.39 is 0 Å². The zero-order valence-electron chi connectivity index (χ0n) is 9.04. The number of nitrogens with zero attached hydrogens (tertiary/aromatic N) is 1. The summed E-state index contributed by atoms with van der Waals surface area (Å²) >= 11 is 0. The highest BCUT2D eigenvalue weighted by Crippen LogP contribution is 2.20. The SMILES string of the molecule is CCCN(CCO)C1CCCC(=O)C1. The average molecular weight is 199 g/mol. The Labute approximate surface area is 86.1 Å². The van der Waals surface area contributed by atoms with E-state index >= 15 is 0 Å². The van der Waals surface area contributed by atoms with Crippen LogP contribution in [0.2, 0.25) is 0 Å². The standard InChI is InChI=1S/C11H21NO2/c1-2-6-12(7-8-13)10-4-3-5-11(14)9-10/h10,13H,2-9H2,1H3. The van der Waals surface area contributed by atoms with E-state index in [9.17, 15) is 4.79 Å². The quantitative estimate of drug-likeness (QED) is 0.723. The van der Waals surface area contributed by atoms with Crippen LogP contribution in [-0.4, -0.2) is 41.5 Å². The van der Waals surface area contributed by atoms with Crippen molar-refractivity contribution in [1.29, 1.82) is 0 Å². The van der Waals surface area contributed by atoms with Gasteiger partial charge >= 0.3 is 0 Å². The molecule has 1 unspecified atom stereocenters. The summed E-state index contributed by atoms with van der Waals surface area (Å²) < 4.78 is 0. The van der Waals surface area contributed by atoms with Gasteiger partial charge in [0.2, 0.25) is 0 Å². The molecular weight excluding hydrogens is 178 g/mol. The van der Waals surface area contributed by atoms with Crippen molar-refractivity contribution in [2.75, 3.05) is 19.7 Å². The molecule has 0 amide bonds. The van der Waals surface area contributed by atoms with E-state index in [-0.39, 0.29) is 6.61 Å². The predicted molar refractivity (Wildman–Crippen MR) is 56.2 cm³/mol. The van der Waals surface area contributed by atoms with Crippen molar-refractivity contribution in [3.8, 4) is 0 Å². The largest absolute Gasteiger partial charge is 0.395 e. The molecule has 0 spiro atoms. The van der Waals surface area contributed by atoms with Gasteiger partial charge in [-0.15, -0.1) is 0 Å². The van der Waals surface area contributed by atoms with Crippen LogP contribution in [-0.2, 0) is 4.79 Å². The predicted octanol–water partition coefficient (Wildman–Crippen LogP) is 1.20. The van der Waals surface area contributed by atoms with Crippen LogP contribution in [0.4, 0.5) is 0 Å². The van der Waals surface area contributed by atoms with Crippen molar-refractivity contribution in [2.24, 2.45) is 0 Å². The summed E-state index contributed by atoms with van der Waals surface area (Å²) in [6, 6.07) is 0.392. The lowest BCUT2D eigenvalue weighted by molar-refractivity contribution is -0.122. The Morgan fingerprint density at radius 2 is 2.29 bits per heavy atom. The minimum absolute atomic E-state index is 0.199. The fraction of sp³-hybridized carbons (Fsp3) is 0.909. The number of hydrogen-bond donors (Lipinski definition) is 1. The summed E-state index contributed by atoms with van der Waals surface area (Å²) in [5.74, 6) is 0.389. The minimum Gasteiger partial charge on any atom is -0.395 e. The molecule has 0 radical (unpaired) electrons. The van der Waals surface area contributed by atoms with Crippen LogP contribution in [0.1, 0.15) is 39.0 Å². The van der Waals surface area contributed by atoms with Gasteiger partial charge in [0.25, 0.3) is 0 Å². The zero-order chi connectivity index (χ0) is 10.4. The van der Waals surface area contributed by atoms with Crippen molar-refractivity contribution >= 4 is 5.78 Å². The number of Topliss-reactive ketones (excluding diaryl/α,β-unsaturated/α-hetero) is 1. The fourth-order valence-electron chi connectivity index (χ4n) is 2.21. The molecule has 1 aliphatic carbocycles. The summed E-state index contributed by atoms with van der Waals surface area (Å²) in [7, 11) is 0. The Bertz CT molecular complexity index is 176. The number of ketones is 1. The van der Waals surface area contributed by atoms with Crippen LogP contribution in [0.5, 0.6) is 0 Å². The lowest BCUT2D eigenvalue weighted by Gasteiger charge is -2.33. The third-order valence-corrected chi connectivity index (χ3v) is 2.87. The molecule has 1 rings (SSSR count). The Balaban J connectivity index is 2.43. The third kappa shape index (κ3) is 3.39. The van der Waals surface area contributed by atoms with Gasteiger partial charge in [-0.2, -0.15) is 0 Å². The molecule has 3 heteroatoms. The first kappa shape index (κ1) is 11.7. The normalized spacial score (nSPS) is 23.1. The van der Waals surface area contributed by atoms with Gasteiger partial charge in [0.15, 0.2) is 0 Å². The highest BCUT2D eigenvalue weighted by Gasteiger charge is 2.24. The number of hydrogen-bond acceptors (Lipinski definition) is 3. The maximum atomic E-state index is 11.3. The second kappa shape index (κ2) is 6.14. The highest BCUT2D eigenvalue weighted by atomic mass is 16.3. The van der Waals surface area contributed by atoms with Gasteiger partial charge in [0.05, 0.1) is 6.61 Å². The second-order valence-corrected chi connectivity index (χ2v) is 4.05.